The van der Waals surface area contributed by atoms with Gasteiger partial charge in [0.15, 0.2) is 13.2 Å². The number of benzene rings is 2. The molecule has 2 aromatic carbocycles. The van der Waals surface area contributed by atoms with Crippen molar-refractivity contribution in [1.29, 1.82) is 0 Å². The van der Waals surface area contributed by atoms with Gasteiger partial charge < -0.3 is 19.5 Å². The number of halogens is 2. The van der Waals surface area contributed by atoms with E-state index < -0.39 is 18.5 Å². The maximum Gasteiger partial charge on any atom is 0.344 e. The third kappa shape index (κ3) is 5.93. The van der Waals surface area contributed by atoms with Gasteiger partial charge in [0.1, 0.15) is 11.5 Å². The Kier molecular flexibility index (Phi) is 7.29. The Morgan fingerprint density at radius 3 is 2.65 bits per heavy atom. The molecule has 0 aliphatic rings. The highest BCUT2D eigenvalue weighted by atomic mass is 79.9. The Morgan fingerprint density at radius 1 is 1.19 bits per heavy atom. The average molecular weight is 443 g/mol. The minimum atomic E-state index is -0.653. The predicted molar refractivity (Wildman–Crippen MR) is 102 cm³/mol. The molecule has 8 heteroatoms. The predicted octanol–water partition coefficient (Wildman–Crippen LogP) is 3.98. The number of rotatable bonds is 7. The molecular weight excluding hydrogens is 426 g/mol. The monoisotopic (exact) mass is 441 g/mol. The Morgan fingerprint density at radius 2 is 1.96 bits per heavy atom. The lowest BCUT2D eigenvalue weighted by Crippen LogP contribution is -2.24. The molecule has 26 heavy (non-hydrogen) atoms. The van der Waals surface area contributed by atoms with Gasteiger partial charge in [-0.3, -0.25) is 4.79 Å². The summed E-state index contributed by atoms with van der Waals surface area (Å²) >= 11 is 9.32. The zero-order chi connectivity index (χ0) is 19.1. The lowest BCUT2D eigenvalue weighted by Gasteiger charge is -2.12. The molecule has 0 unspecified atom stereocenters. The van der Waals surface area contributed by atoms with Gasteiger partial charge in [0.25, 0.3) is 5.91 Å². The summed E-state index contributed by atoms with van der Waals surface area (Å²) < 4.78 is 16.2. The van der Waals surface area contributed by atoms with E-state index in [1.54, 1.807) is 37.3 Å². The molecule has 0 saturated heterocycles. The third-order valence-electron chi connectivity index (χ3n) is 3.27. The van der Waals surface area contributed by atoms with Crippen molar-refractivity contribution in [2.45, 2.75) is 6.92 Å². The van der Waals surface area contributed by atoms with E-state index in [2.05, 4.69) is 21.2 Å². The first-order valence-electron chi connectivity index (χ1n) is 7.57. The number of hydrogen-bond donors (Lipinski definition) is 1. The zero-order valence-electron chi connectivity index (χ0n) is 14.2. The molecule has 2 rings (SSSR count). The quantitative estimate of drug-likeness (QED) is 0.657. The maximum absolute atomic E-state index is 12.0. The van der Waals surface area contributed by atoms with Crippen LogP contribution in [0.2, 0.25) is 5.02 Å². The Labute approximate surface area is 164 Å². The number of carbonyl (C=O) groups excluding carboxylic acids is 2. The van der Waals surface area contributed by atoms with Gasteiger partial charge in [-0.05, 0) is 36.8 Å². The second-order valence-electron chi connectivity index (χ2n) is 5.26. The first-order valence-corrected chi connectivity index (χ1v) is 8.74. The van der Waals surface area contributed by atoms with Crippen LogP contribution in [0, 0.1) is 6.92 Å². The van der Waals surface area contributed by atoms with Gasteiger partial charge in [-0.1, -0.05) is 33.6 Å². The van der Waals surface area contributed by atoms with Crippen LogP contribution in [-0.4, -0.2) is 32.2 Å². The van der Waals surface area contributed by atoms with Gasteiger partial charge in [0.05, 0.1) is 12.8 Å². The molecule has 0 radical (unpaired) electrons. The summed E-state index contributed by atoms with van der Waals surface area (Å²) in [5, 5.41) is 3.14. The standard InChI is InChI=1S/C18H17BrClNO5/c1-11-6-15(16(24-2)8-14(11)20)21-17(22)9-26-18(23)10-25-13-5-3-4-12(19)7-13/h3-8H,9-10H2,1-2H3,(H,21,22). The van der Waals surface area contributed by atoms with E-state index in [0.717, 1.165) is 10.0 Å². The Bertz CT molecular complexity index is 812. The van der Waals surface area contributed by atoms with Gasteiger partial charge in [-0.25, -0.2) is 4.79 Å². The average Bonchev–Trinajstić information content (AvgIpc) is 2.61. The largest absolute Gasteiger partial charge is 0.495 e. The summed E-state index contributed by atoms with van der Waals surface area (Å²) in [6.45, 7) is 1.06. The number of aryl methyl sites for hydroxylation is 1. The number of methoxy groups -OCH3 is 1. The summed E-state index contributed by atoms with van der Waals surface area (Å²) in [5.41, 5.74) is 1.23. The first-order chi connectivity index (χ1) is 12.4. The molecule has 6 nitrogen and oxygen atoms in total. The van der Waals surface area contributed by atoms with Gasteiger partial charge in [-0.15, -0.1) is 0 Å². The molecule has 0 bridgehead atoms. The lowest BCUT2D eigenvalue weighted by atomic mass is 10.2. The Hall–Kier alpha value is -2.25. The molecule has 138 valence electrons. The SMILES string of the molecule is COc1cc(Cl)c(C)cc1NC(=O)COC(=O)COc1cccc(Br)c1. The Balaban J connectivity index is 1.83. The number of amides is 1. The molecule has 1 N–H and O–H groups in total. The summed E-state index contributed by atoms with van der Waals surface area (Å²) in [6, 6.07) is 10.3. The highest BCUT2D eigenvalue weighted by Crippen LogP contribution is 2.30. The van der Waals surface area contributed by atoms with Gasteiger partial charge in [-0.2, -0.15) is 0 Å². The van der Waals surface area contributed by atoms with Crippen LogP contribution in [0.4, 0.5) is 5.69 Å². The first kappa shape index (κ1) is 20.1. The normalized spacial score (nSPS) is 10.2. The van der Waals surface area contributed by atoms with Crippen LogP contribution in [0.1, 0.15) is 5.56 Å². The molecule has 2 aromatic rings. The van der Waals surface area contributed by atoms with Crippen molar-refractivity contribution in [3.63, 3.8) is 0 Å². The van der Waals surface area contributed by atoms with Crippen molar-refractivity contribution < 1.29 is 23.8 Å². The van der Waals surface area contributed by atoms with E-state index in [1.807, 2.05) is 6.07 Å². The highest BCUT2D eigenvalue weighted by Gasteiger charge is 2.13. The number of nitrogens with one attached hydrogen (secondary N) is 1. The van der Waals surface area contributed by atoms with E-state index in [1.165, 1.54) is 7.11 Å². The molecule has 0 aromatic heterocycles. The zero-order valence-corrected chi connectivity index (χ0v) is 16.5. The second-order valence-corrected chi connectivity index (χ2v) is 6.58. The molecule has 0 fully saturated rings. The van der Waals surface area contributed by atoms with Crippen LogP contribution in [0.25, 0.3) is 0 Å². The van der Waals surface area contributed by atoms with E-state index in [4.69, 9.17) is 25.8 Å². The molecule has 1 amide bonds. The van der Waals surface area contributed by atoms with Crippen LogP contribution >= 0.6 is 27.5 Å². The second kappa shape index (κ2) is 9.45. The highest BCUT2D eigenvalue weighted by molar-refractivity contribution is 9.10. The third-order valence-corrected chi connectivity index (χ3v) is 4.17. The summed E-state index contributed by atoms with van der Waals surface area (Å²) in [7, 11) is 1.47. The molecular formula is C18H17BrClNO5. The fraction of sp³-hybridized carbons (Fsp3) is 0.222. The summed E-state index contributed by atoms with van der Waals surface area (Å²) in [6.07, 6.45) is 0. The number of ether oxygens (including phenoxy) is 3. The topological polar surface area (TPSA) is 73.9 Å². The van der Waals surface area contributed by atoms with E-state index in [0.29, 0.717) is 22.2 Å². The fourth-order valence-corrected chi connectivity index (χ4v) is 2.53. The molecule has 0 heterocycles. The van der Waals surface area contributed by atoms with Crippen molar-refractivity contribution >= 4 is 45.1 Å². The number of hydrogen-bond acceptors (Lipinski definition) is 5. The van der Waals surface area contributed by atoms with Gasteiger partial charge in [0.2, 0.25) is 0 Å². The van der Waals surface area contributed by atoms with Gasteiger partial charge >= 0.3 is 5.97 Å². The minimum absolute atomic E-state index is 0.299. The van der Waals surface area contributed by atoms with Crippen molar-refractivity contribution in [3.05, 3.63) is 51.5 Å². The van der Waals surface area contributed by atoms with Crippen LogP contribution in [0.3, 0.4) is 0 Å². The summed E-state index contributed by atoms with van der Waals surface area (Å²) in [4.78, 5) is 23.7. The van der Waals surface area contributed by atoms with Crippen molar-refractivity contribution in [2.75, 3.05) is 25.6 Å². The van der Waals surface area contributed by atoms with Crippen LogP contribution < -0.4 is 14.8 Å². The van der Waals surface area contributed by atoms with Crippen molar-refractivity contribution in [2.24, 2.45) is 0 Å². The van der Waals surface area contributed by atoms with Crippen molar-refractivity contribution in [1.82, 2.24) is 0 Å². The van der Waals surface area contributed by atoms with Gasteiger partial charge in [0, 0.05) is 15.6 Å². The molecule has 0 spiro atoms. The van der Waals surface area contributed by atoms with Crippen molar-refractivity contribution in [3.8, 4) is 11.5 Å². The van der Waals surface area contributed by atoms with Crippen LogP contribution in [0.15, 0.2) is 40.9 Å². The number of esters is 1. The van der Waals surface area contributed by atoms with E-state index >= 15 is 0 Å². The number of carbonyl (C=O) groups is 2. The fourth-order valence-electron chi connectivity index (χ4n) is 2.00. The smallest absolute Gasteiger partial charge is 0.344 e. The van der Waals surface area contributed by atoms with Crippen LogP contribution in [-0.2, 0) is 14.3 Å². The molecule has 0 saturated carbocycles. The molecule has 0 atom stereocenters. The number of anilines is 1. The van der Waals surface area contributed by atoms with Crippen LogP contribution in [0.5, 0.6) is 11.5 Å². The molecule has 0 aliphatic carbocycles. The van der Waals surface area contributed by atoms with E-state index in [-0.39, 0.29) is 6.61 Å². The summed E-state index contributed by atoms with van der Waals surface area (Å²) in [5.74, 6) is -0.222. The van der Waals surface area contributed by atoms with E-state index in [9.17, 15) is 9.59 Å². The maximum atomic E-state index is 12.0. The minimum Gasteiger partial charge on any atom is -0.495 e. The lowest BCUT2D eigenvalue weighted by molar-refractivity contribution is -0.149. The molecule has 0 aliphatic heterocycles.